The Morgan fingerprint density at radius 2 is 1.77 bits per heavy atom. The van der Waals surface area contributed by atoms with Crippen LogP contribution in [-0.2, 0) is 6.42 Å². The van der Waals surface area contributed by atoms with Crippen LogP contribution in [0.1, 0.15) is 76.0 Å². The molecule has 1 aliphatic carbocycles. The molecule has 9 rings (SSSR count). The topological polar surface area (TPSA) is 84.4 Å². The molecule has 1 saturated carbocycles. The van der Waals surface area contributed by atoms with Crippen LogP contribution in [0.3, 0.4) is 0 Å². The summed E-state index contributed by atoms with van der Waals surface area (Å²) in [6, 6.07) is 11.3. The lowest BCUT2D eigenvalue weighted by atomic mass is 9.93. The molecule has 60 heavy (non-hydrogen) atoms. The fourth-order valence-electron chi connectivity index (χ4n) is 9.54. The Morgan fingerprint density at radius 1 is 0.950 bits per heavy atom. The van der Waals surface area contributed by atoms with Gasteiger partial charge in [0, 0.05) is 41.2 Å². The van der Waals surface area contributed by atoms with Gasteiger partial charge in [0.15, 0.2) is 5.82 Å². The standard InChI is InChI=1S/C44H45F7N6O2S/c1-3-31-33(45)18-15-26-9-5-12-32(37(26)31)40-39(46)41-38-36(53-40)14-7-13-35(34(4-2)52-27-16-17-27)54-42(38)56-43(55-41)59-25-44-20-8-22-57(44)28(19-21-44)24-58-29-10-6-11-30(23-29)60(47,48,49,50)51/h1,5-6,9-12,15,18,23,27-28,34-35,52H,4,7-8,13-14,16-17,19-22,24-25H2,2H3,(H,54,55,56)/t28-,34-,35+,44-/m0/s1. The Labute approximate surface area is 343 Å². The second-order valence-corrected chi connectivity index (χ2v) is 19.0. The SMILES string of the molecule is C#Cc1c(F)ccc2cccc(-c3nc4c5c(nc(OC[C@@]67CCCN6[C@H](COc6cccc(S(F)(F)(F)(F)F)c6)CC7)nc5c3F)N[C@@H]([C@H](CC)NC3CC3)CCC4)c12. The van der Waals surface area contributed by atoms with E-state index in [9.17, 15) is 19.4 Å². The van der Waals surface area contributed by atoms with Gasteiger partial charge in [-0.15, -0.1) is 6.42 Å². The number of ether oxygens (including phenoxy) is 2. The number of aryl methyl sites for hydroxylation is 1. The maximum absolute atomic E-state index is 17.3. The fourth-order valence-corrected chi connectivity index (χ4v) is 10.2. The van der Waals surface area contributed by atoms with Crippen molar-refractivity contribution >= 4 is 37.7 Å². The van der Waals surface area contributed by atoms with Crippen molar-refractivity contribution in [1.82, 2.24) is 25.2 Å². The van der Waals surface area contributed by atoms with Crippen LogP contribution in [-0.4, -0.2) is 69.3 Å². The van der Waals surface area contributed by atoms with Crippen molar-refractivity contribution in [1.29, 1.82) is 0 Å². The van der Waals surface area contributed by atoms with Gasteiger partial charge < -0.3 is 20.1 Å². The zero-order chi connectivity index (χ0) is 42.1. The number of terminal acetylenes is 1. The molecule has 318 valence electrons. The third-order valence-electron chi connectivity index (χ3n) is 12.6. The second-order valence-electron chi connectivity index (χ2n) is 16.6. The molecule has 4 atom stereocenters. The van der Waals surface area contributed by atoms with Crippen LogP contribution in [0.2, 0.25) is 0 Å². The number of rotatable bonds is 12. The van der Waals surface area contributed by atoms with Crippen LogP contribution >= 0.6 is 10.2 Å². The number of aromatic nitrogens is 3. The van der Waals surface area contributed by atoms with Crippen molar-refractivity contribution in [3.63, 3.8) is 0 Å². The number of hydrogen-bond donors (Lipinski definition) is 2. The van der Waals surface area contributed by atoms with Gasteiger partial charge in [0.05, 0.1) is 22.2 Å². The van der Waals surface area contributed by atoms with E-state index in [1.54, 1.807) is 24.3 Å². The third kappa shape index (κ3) is 7.68. The fraction of sp³-hybridized carbons (Fsp3) is 0.432. The number of halogens is 7. The minimum Gasteiger partial charge on any atom is -0.492 e. The molecule has 2 N–H and O–H groups in total. The zero-order valence-electron chi connectivity index (χ0n) is 32.9. The Hall–Kier alpha value is -4.85. The smallest absolute Gasteiger partial charge is 0.319 e. The van der Waals surface area contributed by atoms with Crippen molar-refractivity contribution in [2.24, 2.45) is 0 Å². The maximum atomic E-state index is 17.3. The first kappa shape index (κ1) is 40.6. The summed E-state index contributed by atoms with van der Waals surface area (Å²) in [7, 11) is -9.88. The highest BCUT2D eigenvalue weighted by molar-refractivity contribution is 8.45. The summed E-state index contributed by atoms with van der Waals surface area (Å²) in [5.74, 6) is 1.24. The molecule has 8 nitrogen and oxygen atoms in total. The van der Waals surface area contributed by atoms with Gasteiger partial charge in [-0.25, -0.2) is 13.8 Å². The van der Waals surface area contributed by atoms with E-state index in [4.69, 9.17) is 30.8 Å². The predicted molar refractivity (Wildman–Crippen MR) is 219 cm³/mol. The van der Waals surface area contributed by atoms with Crippen molar-refractivity contribution in [2.45, 2.75) is 106 Å². The summed E-state index contributed by atoms with van der Waals surface area (Å²) in [5, 5.41) is 8.85. The summed E-state index contributed by atoms with van der Waals surface area (Å²) < 4.78 is 112. The summed E-state index contributed by atoms with van der Waals surface area (Å²) in [6.07, 6.45) is 13.8. The van der Waals surface area contributed by atoms with Gasteiger partial charge >= 0.3 is 16.2 Å². The van der Waals surface area contributed by atoms with Gasteiger partial charge in [0.1, 0.15) is 46.7 Å². The van der Waals surface area contributed by atoms with Gasteiger partial charge in [-0.2, -0.15) is 9.97 Å². The normalized spacial score (nSPS) is 23.5. The van der Waals surface area contributed by atoms with Crippen molar-refractivity contribution in [2.75, 3.05) is 25.1 Å². The average Bonchev–Trinajstić information content (AvgIpc) is 3.83. The quantitative estimate of drug-likeness (QED) is 0.0948. The van der Waals surface area contributed by atoms with Gasteiger partial charge in [0.25, 0.3) is 0 Å². The van der Waals surface area contributed by atoms with Crippen LogP contribution in [0.5, 0.6) is 11.8 Å². The second kappa shape index (κ2) is 14.4. The number of nitrogens with one attached hydrogen (secondary N) is 2. The van der Waals surface area contributed by atoms with E-state index in [2.05, 4.69) is 28.4 Å². The molecule has 0 amide bonds. The molecular weight excluding hydrogens is 810 g/mol. The van der Waals surface area contributed by atoms with Gasteiger partial charge in [-0.3, -0.25) is 4.90 Å². The largest absolute Gasteiger partial charge is 0.492 e. The minimum atomic E-state index is -9.88. The Morgan fingerprint density at radius 3 is 2.53 bits per heavy atom. The van der Waals surface area contributed by atoms with E-state index in [0.717, 1.165) is 51.0 Å². The minimum absolute atomic E-state index is 0.00861. The first-order valence-electron chi connectivity index (χ1n) is 20.5. The highest BCUT2D eigenvalue weighted by Crippen LogP contribution is 3.02. The van der Waals surface area contributed by atoms with E-state index in [1.165, 1.54) is 12.1 Å². The lowest BCUT2D eigenvalue weighted by Gasteiger charge is -2.40. The molecule has 0 radical (unpaired) electrons. The monoisotopic (exact) mass is 854 g/mol. The summed E-state index contributed by atoms with van der Waals surface area (Å²) >= 11 is 0. The molecule has 5 aromatic rings. The summed E-state index contributed by atoms with van der Waals surface area (Å²) in [5.41, 5.74) is 0.450. The van der Waals surface area contributed by atoms with Gasteiger partial charge in [-0.1, -0.05) is 62.6 Å². The Bertz CT molecular complexity index is 2550. The van der Waals surface area contributed by atoms with Crippen LogP contribution in [0.15, 0.2) is 59.5 Å². The van der Waals surface area contributed by atoms with Gasteiger partial charge in [-0.05, 0) is 94.3 Å². The highest BCUT2D eigenvalue weighted by Gasteiger charge is 2.65. The first-order chi connectivity index (χ1) is 28.5. The van der Waals surface area contributed by atoms with E-state index < -0.39 is 32.3 Å². The molecular formula is C44H45F7N6O2S. The zero-order valence-corrected chi connectivity index (χ0v) is 33.8. The molecule has 3 aliphatic heterocycles. The van der Waals surface area contributed by atoms with Crippen LogP contribution in [0.25, 0.3) is 32.9 Å². The van der Waals surface area contributed by atoms with E-state index in [1.807, 2.05) is 0 Å². The van der Waals surface area contributed by atoms with Crippen molar-refractivity contribution in [3.8, 4) is 35.4 Å². The molecule has 2 aromatic heterocycles. The van der Waals surface area contributed by atoms with Gasteiger partial charge in [0.2, 0.25) is 0 Å². The van der Waals surface area contributed by atoms with Crippen LogP contribution in [0.4, 0.5) is 34.0 Å². The summed E-state index contributed by atoms with van der Waals surface area (Å²) in [4.78, 5) is 14.7. The molecule has 16 heteroatoms. The van der Waals surface area contributed by atoms with Crippen LogP contribution in [0, 0.1) is 24.0 Å². The number of fused-ring (bicyclic) bond motifs is 2. The Balaban J connectivity index is 1.05. The molecule has 0 unspecified atom stereocenters. The maximum Gasteiger partial charge on any atom is 0.319 e. The van der Waals surface area contributed by atoms with Crippen molar-refractivity contribution in [3.05, 3.63) is 77.5 Å². The summed E-state index contributed by atoms with van der Waals surface area (Å²) in [6.45, 7) is 2.93. The van der Waals surface area contributed by atoms with Crippen LogP contribution < -0.4 is 20.1 Å². The number of hydrogen-bond acceptors (Lipinski definition) is 8. The number of nitrogens with zero attached hydrogens (tertiary/aromatic N) is 4. The molecule has 3 aromatic carbocycles. The molecule has 3 fully saturated rings. The number of benzene rings is 3. The van der Waals surface area contributed by atoms with E-state index >= 15 is 8.78 Å². The molecule has 5 heterocycles. The third-order valence-corrected chi connectivity index (χ3v) is 13.8. The molecule has 0 spiro atoms. The van der Waals surface area contributed by atoms with Crippen molar-refractivity contribution < 1.29 is 37.7 Å². The number of anilines is 1. The molecule has 4 aliphatic rings. The average molecular weight is 855 g/mol. The number of pyridine rings is 1. The molecule has 2 saturated heterocycles. The lowest BCUT2D eigenvalue weighted by molar-refractivity contribution is 0.0686. The predicted octanol–water partition coefficient (Wildman–Crippen LogP) is 10.9. The first-order valence-corrected chi connectivity index (χ1v) is 22.5. The lowest BCUT2D eigenvalue weighted by Crippen LogP contribution is -2.48. The molecule has 0 bridgehead atoms. The van der Waals surface area contributed by atoms with E-state index in [0.29, 0.717) is 77.2 Å². The highest BCUT2D eigenvalue weighted by atomic mass is 32.5. The Kier molecular flexibility index (Phi) is 9.72. The van der Waals surface area contributed by atoms with E-state index in [-0.39, 0.29) is 59.9 Å².